The Morgan fingerprint density at radius 1 is 1.00 bits per heavy atom. The molecule has 0 spiro atoms. The summed E-state index contributed by atoms with van der Waals surface area (Å²) in [6.45, 7) is 6.11. The molecule has 10 heteroatoms. The van der Waals surface area contributed by atoms with Crippen molar-refractivity contribution in [3.05, 3.63) is 76.8 Å². The van der Waals surface area contributed by atoms with Crippen LogP contribution in [0.25, 0.3) is 11.5 Å². The first-order chi connectivity index (χ1) is 19.5. The van der Waals surface area contributed by atoms with Crippen LogP contribution in [0.4, 0.5) is 22.3 Å². The lowest BCUT2D eigenvalue weighted by atomic mass is 10.1. The molecule has 40 heavy (non-hydrogen) atoms. The molecule has 9 nitrogen and oxygen atoms in total. The van der Waals surface area contributed by atoms with Gasteiger partial charge in [0.15, 0.2) is 11.0 Å². The molecule has 2 aromatic heterocycles. The molecule has 1 saturated heterocycles. The molecule has 4 heterocycles. The van der Waals surface area contributed by atoms with Gasteiger partial charge in [-0.05, 0) is 67.8 Å². The van der Waals surface area contributed by atoms with Gasteiger partial charge in [-0.15, -0.1) is 11.3 Å². The number of hydrogen-bond acceptors (Lipinski definition) is 9. The minimum absolute atomic E-state index is 0.110. The number of piperazine rings is 1. The van der Waals surface area contributed by atoms with E-state index < -0.39 is 0 Å². The topological polar surface area (TPSA) is 104 Å². The van der Waals surface area contributed by atoms with Gasteiger partial charge in [-0.25, -0.2) is 15.0 Å². The van der Waals surface area contributed by atoms with E-state index in [0.29, 0.717) is 22.9 Å². The molecule has 2 aromatic carbocycles. The number of carbonyl (C=O) groups is 1. The second-order valence-corrected chi connectivity index (χ2v) is 11.3. The fourth-order valence-corrected chi connectivity index (χ4v) is 6.07. The molecule has 0 aliphatic carbocycles. The number of thiazole rings is 1. The Bertz CT molecular complexity index is 1480. The number of carbonyl (C=O) groups excluding carboxylic acids is 1. The van der Waals surface area contributed by atoms with Crippen LogP contribution < -0.4 is 16.0 Å². The van der Waals surface area contributed by atoms with Gasteiger partial charge in [-0.2, -0.15) is 0 Å². The third-order valence-corrected chi connectivity index (χ3v) is 8.42. The Labute approximate surface area is 238 Å². The van der Waals surface area contributed by atoms with Gasteiger partial charge in [0, 0.05) is 67.8 Å². The number of nitrogen functional groups attached to an aromatic ring is 1. The van der Waals surface area contributed by atoms with Crippen molar-refractivity contribution in [1.29, 1.82) is 0 Å². The molecule has 0 radical (unpaired) electrons. The average Bonchev–Trinajstić information content (AvgIpc) is 3.36. The van der Waals surface area contributed by atoms with Crippen molar-refractivity contribution in [2.45, 2.75) is 25.8 Å². The van der Waals surface area contributed by atoms with E-state index in [-0.39, 0.29) is 5.91 Å². The third-order valence-electron chi connectivity index (χ3n) is 7.56. The van der Waals surface area contributed by atoms with Crippen molar-refractivity contribution in [1.82, 2.24) is 24.8 Å². The number of likely N-dealkylation sites (N-methyl/N-ethyl adjacent to an activating group) is 1. The molecular weight excluding hydrogens is 520 g/mol. The molecule has 0 bridgehead atoms. The highest BCUT2D eigenvalue weighted by molar-refractivity contribution is 7.14. The van der Waals surface area contributed by atoms with Crippen LogP contribution in [0.5, 0.6) is 0 Å². The SMILES string of the molecule is CN1CCN(Cc2ccc(C(=O)Nc3ccc4c(c3)N(c3nc(-c5nccc(N)n5)cs3)CCCC4)cc2)CC1. The Hall–Kier alpha value is -3.86. The lowest BCUT2D eigenvalue weighted by molar-refractivity contribution is 0.102. The Morgan fingerprint density at radius 3 is 2.62 bits per heavy atom. The average molecular weight is 555 g/mol. The summed E-state index contributed by atoms with van der Waals surface area (Å²) >= 11 is 1.56. The summed E-state index contributed by atoms with van der Waals surface area (Å²) in [5, 5.41) is 5.96. The van der Waals surface area contributed by atoms with Crippen molar-refractivity contribution in [2.24, 2.45) is 0 Å². The fraction of sp³-hybridized carbons (Fsp3) is 0.333. The van der Waals surface area contributed by atoms with Crippen LogP contribution in [-0.4, -0.2) is 70.4 Å². The summed E-state index contributed by atoms with van der Waals surface area (Å²) in [6, 6.07) is 15.8. The van der Waals surface area contributed by atoms with E-state index in [0.717, 1.165) is 75.0 Å². The fourth-order valence-electron chi connectivity index (χ4n) is 5.22. The summed E-state index contributed by atoms with van der Waals surface area (Å²) in [5.41, 5.74) is 11.5. The summed E-state index contributed by atoms with van der Waals surface area (Å²) in [5.74, 6) is 0.833. The summed E-state index contributed by atoms with van der Waals surface area (Å²) < 4.78 is 0. The van der Waals surface area contributed by atoms with Crippen LogP contribution in [0.15, 0.2) is 60.1 Å². The molecule has 4 aromatic rings. The zero-order chi connectivity index (χ0) is 27.5. The molecular formula is C30H34N8OS. The molecule has 0 unspecified atom stereocenters. The molecule has 0 atom stereocenters. The molecule has 0 saturated carbocycles. The van der Waals surface area contributed by atoms with Crippen molar-refractivity contribution < 1.29 is 4.79 Å². The molecule has 1 fully saturated rings. The van der Waals surface area contributed by atoms with E-state index in [4.69, 9.17) is 10.7 Å². The number of benzene rings is 2. The molecule has 3 N–H and O–H groups in total. The first-order valence-electron chi connectivity index (χ1n) is 13.8. The van der Waals surface area contributed by atoms with E-state index in [1.54, 1.807) is 23.6 Å². The highest BCUT2D eigenvalue weighted by Crippen LogP contribution is 2.37. The van der Waals surface area contributed by atoms with Crippen molar-refractivity contribution >= 4 is 39.6 Å². The van der Waals surface area contributed by atoms with Crippen molar-refractivity contribution in [3.8, 4) is 11.5 Å². The van der Waals surface area contributed by atoms with Crippen LogP contribution in [0.1, 0.15) is 34.3 Å². The molecule has 1 amide bonds. The number of nitrogens with one attached hydrogen (secondary N) is 1. The van der Waals surface area contributed by atoms with Gasteiger partial charge < -0.3 is 20.9 Å². The number of aryl methyl sites for hydroxylation is 1. The number of fused-ring (bicyclic) bond motifs is 1. The highest BCUT2D eigenvalue weighted by Gasteiger charge is 2.22. The number of aromatic nitrogens is 3. The number of rotatable bonds is 6. The van der Waals surface area contributed by atoms with E-state index in [2.05, 4.69) is 61.3 Å². The van der Waals surface area contributed by atoms with Crippen molar-refractivity contribution in [3.63, 3.8) is 0 Å². The van der Waals surface area contributed by atoms with Gasteiger partial charge in [0.05, 0.1) is 0 Å². The van der Waals surface area contributed by atoms with Crippen molar-refractivity contribution in [2.75, 3.05) is 55.7 Å². The number of nitrogens with zero attached hydrogens (tertiary/aromatic N) is 6. The molecule has 2 aliphatic heterocycles. The number of amides is 1. The monoisotopic (exact) mass is 554 g/mol. The van der Waals surface area contributed by atoms with E-state index in [1.807, 2.05) is 23.6 Å². The van der Waals surface area contributed by atoms with Crippen LogP contribution in [-0.2, 0) is 13.0 Å². The quantitative estimate of drug-likeness (QED) is 0.355. The van der Waals surface area contributed by atoms with Gasteiger partial charge in [0.2, 0.25) is 0 Å². The standard InChI is InChI=1S/C30H34N8OS/c1-36-14-16-37(17-15-36)19-21-5-7-23(8-6-21)29(39)33-24-10-9-22-4-2-3-13-38(26(22)18-24)30-34-25(20-40-30)28-32-12-11-27(31)35-28/h5-12,18,20H,2-4,13-17,19H2,1H3,(H,33,39)(H2,31,32,35). The summed E-state index contributed by atoms with van der Waals surface area (Å²) in [6.07, 6.45) is 4.80. The Morgan fingerprint density at radius 2 is 1.82 bits per heavy atom. The number of anilines is 4. The van der Waals surface area contributed by atoms with Crippen LogP contribution in [0.2, 0.25) is 0 Å². The minimum Gasteiger partial charge on any atom is -0.384 e. The third kappa shape index (κ3) is 5.99. The van der Waals surface area contributed by atoms with Gasteiger partial charge in [-0.1, -0.05) is 18.2 Å². The van der Waals surface area contributed by atoms with Crippen LogP contribution >= 0.6 is 11.3 Å². The summed E-state index contributed by atoms with van der Waals surface area (Å²) in [7, 11) is 2.17. The van der Waals surface area contributed by atoms with Gasteiger partial charge in [0.25, 0.3) is 5.91 Å². The zero-order valence-electron chi connectivity index (χ0n) is 22.7. The lowest BCUT2D eigenvalue weighted by Gasteiger charge is -2.32. The molecule has 2 aliphatic rings. The summed E-state index contributed by atoms with van der Waals surface area (Å²) in [4.78, 5) is 33.7. The molecule has 6 rings (SSSR count). The maximum atomic E-state index is 13.2. The second-order valence-electron chi connectivity index (χ2n) is 10.5. The predicted octanol–water partition coefficient (Wildman–Crippen LogP) is 4.66. The maximum absolute atomic E-state index is 13.2. The largest absolute Gasteiger partial charge is 0.384 e. The van der Waals surface area contributed by atoms with Gasteiger partial charge in [0.1, 0.15) is 11.5 Å². The minimum atomic E-state index is -0.110. The number of hydrogen-bond donors (Lipinski definition) is 2. The van der Waals surface area contributed by atoms with E-state index in [1.165, 1.54) is 11.1 Å². The predicted molar refractivity (Wildman–Crippen MR) is 161 cm³/mol. The lowest BCUT2D eigenvalue weighted by Crippen LogP contribution is -2.43. The Balaban J connectivity index is 1.17. The first-order valence-corrected chi connectivity index (χ1v) is 14.7. The highest BCUT2D eigenvalue weighted by atomic mass is 32.1. The zero-order valence-corrected chi connectivity index (χ0v) is 23.5. The normalized spacial score (nSPS) is 16.4. The van der Waals surface area contributed by atoms with Crippen LogP contribution in [0, 0.1) is 0 Å². The first kappa shape index (κ1) is 26.4. The van der Waals surface area contributed by atoms with Crippen LogP contribution in [0.3, 0.4) is 0 Å². The van der Waals surface area contributed by atoms with Gasteiger partial charge >= 0.3 is 0 Å². The van der Waals surface area contributed by atoms with E-state index in [9.17, 15) is 4.79 Å². The second kappa shape index (κ2) is 11.7. The van der Waals surface area contributed by atoms with E-state index >= 15 is 0 Å². The number of nitrogens with two attached hydrogens (primary N) is 1. The Kier molecular flexibility index (Phi) is 7.72. The molecule has 206 valence electrons. The smallest absolute Gasteiger partial charge is 0.255 e. The van der Waals surface area contributed by atoms with Gasteiger partial charge in [-0.3, -0.25) is 9.69 Å². The maximum Gasteiger partial charge on any atom is 0.255 e.